The van der Waals surface area contributed by atoms with Crippen molar-refractivity contribution in [1.29, 1.82) is 0 Å². The highest BCUT2D eigenvalue weighted by Gasteiger charge is 2.22. The summed E-state index contributed by atoms with van der Waals surface area (Å²) in [6.45, 7) is 2.63. The number of carbonyl (C=O) groups excluding carboxylic acids is 2. The molecule has 0 aliphatic carbocycles. The molecule has 6 heteroatoms. The van der Waals surface area contributed by atoms with Gasteiger partial charge in [-0.1, -0.05) is 0 Å². The zero-order chi connectivity index (χ0) is 12.8. The summed E-state index contributed by atoms with van der Waals surface area (Å²) in [7, 11) is 0. The molecule has 1 fully saturated rings. The molecule has 0 spiro atoms. The number of hydrogen-bond donors (Lipinski definition) is 2. The molecule has 0 saturated carbocycles. The van der Waals surface area contributed by atoms with Crippen LogP contribution in [-0.4, -0.2) is 47.4 Å². The van der Waals surface area contributed by atoms with Crippen LogP contribution in [0, 0.1) is 5.92 Å². The minimum atomic E-state index is -1.19. The molecular formula is C11H18N2O4. The maximum absolute atomic E-state index is 11.7. The Bertz CT molecular complexity index is 311. The van der Waals surface area contributed by atoms with E-state index in [1.165, 1.54) is 6.92 Å². The smallest absolute Gasteiger partial charge is 0.315 e. The summed E-state index contributed by atoms with van der Waals surface area (Å²) >= 11 is 0. The molecule has 6 nitrogen and oxygen atoms in total. The van der Waals surface area contributed by atoms with Crippen LogP contribution in [0.2, 0.25) is 0 Å². The highest BCUT2D eigenvalue weighted by Crippen LogP contribution is 2.08. The number of aliphatic carboxylic acids is 1. The molecule has 1 aliphatic rings. The van der Waals surface area contributed by atoms with E-state index in [1.807, 2.05) is 0 Å². The van der Waals surface area contributed by atoms with Gasteiger partial charge in [0.25, 0.3) is 0 Å². The topological polar surface area (TPSA) is 86.7 Å². The quantitative estimate of drug-likeness (QED) is 0.670. The number of nitrogens with one attached hydrogen (secondary N) is 1. The maximum atomic E-state index is 11.7. The third kappa shape index (κ3) is 4.05. The third-order valence-electron chi connectivity index (χ3n) is 2.89. The molecule has 1 heterocycles. The Balaban J connectivity index is 2.32. The number of likely N-dealkylation sites (tertiary alicyclic amines) is 1. The summed E-state index contributed by atoms with van der Waals surface area (Å²) in [5.74, 6) is -3.07. The third-order valence-corrected chi connectivity index (χ3v) is 2.89. The molecule has 2 N–H and O–H groups in total. The van der Waals surface area contributed by atoms with Gasteiger partial charge in [-0.3, -0.25) is 14.4 Å². The van der Waals surface area contributed by atoms with E-state index in [9.17, 15) is 14.4 Å². The monoisotopic (exact) mass is 242 g/mol. The van der Waals surface area contributed by atoms with Gasteiger partial charge in [-0.15, -0.1) is 0 Å². The van der Waals surface area contributed by atoms with Crippen molar-refractivity contribution in [2.75, 3.05) is 19.6 Å². The molecule has 0 aromatic rings. The summed E-state index contributed by atoms with van der Waals surface area (Å²) < 4.78 is 0. The minimum Gasteiger partial charge on any atom is -0.481 e. The standard InChI is InChI=1S/C11H18N2O4/c1-8(11(16)17)10(15)12-7-9(14)13-5-3-2-4-6-13/h8H,2-7H2,1H3,(H,12,15)(H,16,17). The largest absolute Gasteiger partial charge is 0.481 e. The Hall–Kier alpha value is -1.59. The lowest BCUT2D eigenvalue weighted by molar-refractivity contribution is -0.147. The van der Waals surface area contributed by atoms with E-state index >= 15 is 0 Å². The lowest BCUT2D eigenvalue weighted by atomic mass is 10.1. The Labute approximate surface area is 100.0 Å². The number of hydrogen-bond acceptors (Lipinski definition) is 3. The van der Waals surface area contributed by atoms with Gasteiger partial charge in [0, 0.05) is 13.1 Å². The van der Waals surface area contributed by atoms with E-state index in [1.54, 1.807) is 4.90 Å². The second-order valence-electron chi connectivity index (χ2n) is 4.22. The Morgan fingerprint density at radius 3 is 2.35 bits per heavy atom. The van der Waals surface area contributed by atoms with Gasteiger partial charge >= 0.3 is 5.97 Å². The van der Waals surface area contributed by atoms with Crippen molar-refractivity contribution < 1.29 is 19.5 Å². The van der Waals surface area contributed by atoms with E-state index in [0.29, 0.717) is 0 Å². The zero-order valence-corrected chi connectivity index (χ0v) is 9.94. The second-order valence-corrected chi connectivity index (χ2v) is 4.22. The first kappa shape index (κ1) is 13.5. The van der Waals surface area contributed by atoms with Crippen LogP contribution >= 0.6 is 0 Å². The fourth-order valence-electron chi connectivity index (χ4n) is 1.68. The van der Waals surface area contributed by atoms with Gasteiger partial charge in [0.2, 0.25) is 11.8 Å². The molecule has 1 unspecified atom stereocenters. The van der Waals surface area contributed by atoms with Crippen LogP contribution in [0.3, 0.4) is 0 Å². The number of carboxylic acid groups (broad SMARTS) is 1. The van der Waals surface area contributed by atoms with Crippen molar-refractivity contribution in [3.05, 3.63) is 0 Å². The summed E-state index contributed by atoms with van der Waals surface area (Å²) in [6, 6.07) is 0. The number of rotatable bonds is 4. The lowest BCUT2D eigenvalue weighted by Crippen LogP contribution is -2.44. The molecule has 1 saturated heterocycles. The van der Waals surface area contributed by atoms with Crippen LogP contribution in [0.1, 0.15) is 26.2 Å². The maximum Gasteiger partial charge on any atom is 0.315 e. The van der Waals surface area contributed by atoms with Crippen molar-refractivity contribution in [3.63, 3.8) is 0 Å². The van der Waals surface area contributed by atoms with Crippen molar-refractivity contribution in [3.8, 4) is 0 Å². The normalized spacial score (nSPS) is 17.4. The van der Waals surface area contributed by atoms with Gasteiger partial charge in [0.15, 0.2) is 0 Å². The fraction of sp³-hybridized carbons (Fsp3) is 0.727. The van der Waals surface area contributed by atoms with Gasteiger partial charge in [-0.25, -0.2) is 0 Å². The van der Waals surface area contributed by atoms with Crippen molar-refractivity contribution in [2.24, 2.45) is 5.92 Å². The number of amides is 2. The molecule has 0 bridgehead atoms. The molecule has 0 radical (unpaired) electrons. The van der Waals surface area contributed by atoms with Crippen LogP contribution in [-0.2, 0) is 14.4 Å². The first-order chi connectivity index (χ1) is 8.02. The predicted molar refractivity (Wildman–Crippen MR) is 60.2 cm³/mol. The van der Waals surface area contributed by atoms with Gasteiger partial charge < -0.3 is 15.3 Å². The van der Waals surface area contributed by atoms with Gasteiger partial charge in [0.1, 0.15) is 5.92 Å². The number of piperidine rings is 1. The average Bonchev–Trinajstić information content (AvgIpc) is 2.35. The minimum absolute atomic E-state index is 0.115. The summed E-state index contributed by atoms with van der Waals surface area (Å²) in [4.78, 5) is 35.2. The van der Waals surface area contributed by atoms with E-state index in [4.69, 9.17) is 5.11 Å². The number of carbonyl (C=O) groups is 3. The lowest BCUT2D eigenvalue weighted by Gasteiger charge is -2.26. The molecular weight excluding hydrogens is 224 g/mol. The highest BCUT2D eigenvalue weighted by molar-refractivity contribution is 5.97. The molecule has 1 rings (SSSR count). The van der Waals surface area contributed by atoms with Crippen LogP contribution in [0.4, 0.5) is 0 Å². The van der Waals surface area contributed by atoms with Crippen LogP contribution in [0.25, 0.3) is 0 Å². The first-order valence-corrected chi connectivity index (χ1v) is 5.80. The summed E-state index contributed by atoms with van der Waals surface area (Å²) in [6.07, 6.45) is 3.11. The Morgan fingerprint density at radius 1 is 1.24 bits per heavy atom. The molecule has 1 atom stereocenters. The van der Waals surface area contributed by atoms with Crippen LogP contribution < -0.4 is 5.32 Å². The van der Waals surface area contributed by atoms with Crippen LogP contribution in [0.15, 0.2) is 0 Å². The number of carboxylic acids is 1. The van der Waals surface area contributed by atoms with Gasteiger partial charge in [-0.05, 0) is 26.2 Å². The van der Waals surface area contributed by atoms with Crippen LogP contribution in [0.5, 0.6) is 0 Å². The van der Waals surface area contributed by atoms with Crippen molar-refractivity contribution in [2.45, 2.75) is 26.2 Å². The summed E-state index contributed by atoms with van der Waals surface area (Å²) in [5.41, 5.74) is 0. The first-order valence-electron chi connectivity index (χ1n) is 5.80. The fourth-order valence-corrected chi connectivity index (χ4v) is 1.68. The van der Waals surface area contributed by atoms with E-state index in [0.717, 1.165) is 32.4 Å². The van der Waals surface area contributed by atoms with E-state index in [-0.39, 0.29) is 12.5 Å². The van der Waals surface area contributed by atoms with E-state index < -0.39 is 17.8 Å². The molecule has 0 aromatic carbocycles. The van der Waals surface area contributed by atoms with Gasteiger partial charge in [-0.2, -0.15) is 0 Å². The molecule has 2 amide bonds. The van der Waals surface area contributed by atoms with Crippen molar-refractivity contribution >= 4 is 17.8 Å². The molecule has 1 aliphatic heterocycles. The Morgan fingerprint density at radius 2 is 1.82 bits per heavy atom. The highest BCUT2D eigenvalue weighted by atomic mass is 16.4. The average molecular weight is 242 g/mol. The second kappa shape index (κ2) is 6.22. The van der Waals surface area contributed by atoms with Crippen molar-refractivity contribution in [1.82, 2.24) is 10.2 Å². The van der Waals surface area contributed by atoms with E-state index in [2.05, 4.69) is 5.32 Å². The van der Waals surface area contributed by atoms with Gasteiger partial charge in [0.05, 0.1) is 6.54 Å². The summed E-state index contributed by atoms with van der Waals surface area (Å²) in [5, 5.41) is 11.0. The Kier molecular flexibility index (Phi) is 4.93. The molecule has 17 heavy (non-hydrogen) atoms. The number of nitrogens with zero attached hydrogens (tertiary/aromatic N) is 1. The molecule has 96 valence electrons. The predicted octanol–water partition coefficient (Wildman–Crippen LogP) is -0.164. The zero-order valence-electron chi connectivity index (χ0n) is 9.94. The SMILES string of the molecule is CC(C(=O)O)C(=O)NCC(=O)N1CCCCC1. The molecule has 0 aromatic heterocycles.